The van der Waals surface area contributed by atoms with Gasteiger partial charge in [-0.05, 0) is 13.0 Å². The highest BCUT2D eigenvalue weighted by Crippen LogP contribution is 2.18. The molecule has 1 atom stereocenters. The van der Waals surface area contributed by atoms with Crippen LogP contribution in [-0.2, 0) is 16.2 Å². The molecule has 0 radical (unpaired) electrons. The zero-order valence-electron chi connectivity index (χ0n) is 13.0. The number of esters is 1. The fourth-order valence-corrected chi connectivity index (χ4v) is 3.76. The van der Waals surface area contributed by atoms with Gasteiger partial charge < -0.3 is 4.74 Å². The Morgan fingerprint density at radius 3 is 3.09 bits per heavy atom. The molecule has 1 aromatic carbocycles. The standard InChI is InChI=1S/C16H19N3O3S/c1-2-22-16(21)14-10-23-8-7-18(14)11-19-15(20)13-6-4-3-5-12(13)9-17-19/h3-6,9,14H,2,7-8,10-11H2,1H3. The van der Waals surface area contributed by atoms with Gasteiger partial charge in [-0.3, -0.25) is 14.5 Å². The molecule has 6 nitrogen and oxygen atoms in total. The lowest BCUT2D eigenvalue weighted by Gasteiger charge is -2.33. The van der Waals surface area contributed by atoms with Crippen molar-refractivity contribution in [1.29, 1.82) is 0 Å². The maximum atomic E-state index is 12.6. The third-order valence-electron chi connectivity index (χ3n) is 3.88. The third-order valence-corrected chi connectivity index (χ3v) is 4.90. The van der Waals surface area contributed by atoms with Gasteiger partial charge in [-0.1, -0.05) is 18.2 Å². The number of hydrogen-bond acceptors (Lipinski definition) is 6. The Morgan fingerprint density at radius 2 is 2.26 bits per heavy atom. The molecule has 122 valence electrons. The van der Waals surface area contributed by atoms with Gasteiger partial charge in [-0.15, -0.1) is 0 Å². The van der Waals surface area contributed by atoms with E-state index in [1.165, 1.54) is 4.68 Å². The molecule has 1 aromatic heterocycles. The Kier molecular flexibility index (Phi) is 4.97. The van der Waals surface area contributed by atoms with Crippen LogP contribution >= 0.6 is 11.8 Å². The van der Waals surface area contributed by atoms with Crippen molar-refractivity contribution >= 4 is 28.5 Å². The topological polar surface area (TPSA) is 64.4 Å². The summed E-state index contributed by atoms with van der Waals surface area (Å²) >= 11 is 1.73. The molecule has 0 saturated carbocycles. The number of rotatable bonds is 4. The van der Waals surface area contributed by atoms with Crippen molar-refractivity contribution < 1.29 is 9.53 Å². The molecule has 3 rings (SSSR count). The van der Waals surface area contributed by atoms with E-state index in [4.69, 9.17) is 4.74 Å². The molecule has 0 N–H and O–H groups in total. The Balaban J connectivity index is 1.86. The number of ether oxygens (including phenoxy) is 1. The summed E-state index contributed by atoms with van der Waals surface area (Å²) in [6.07, 6.45) is 1.69. The summed E-state index contributed by atoms with van der Waals surface area (Å²) in [5, 5.41) is 5.71. The fraction of sp³-hybridized carbons (Fsp3) is 0.438. The van der Waals surface area contributed by atoms with Crippen LogP contribution in [0, 0.1) is 0 Å². The average molecular weight is 333 g/mol. The van der Waals surface area contributed by atoms with Crippen molar-refractivity contribution in [2.45, 2.75) is 19.6 Å². The zero-order chi connectivity index (χ0) is 16.2. The minimum Gasteiger partial charge on any atom is -0.465 e. The van der Waals surface area contributed by atoms with Crippen LogP contribution < -0.4 is 5.56 Å². The first-order valence-electron chi connectivity index (χ1n) is 7.64. The van der Waals surface area contributed by atoms with Crippen LogP contribution in [0.2, 0.25) is 0 Å². The average Bonchev–Trinajstić information content (AvgIpc) is 2.58. The minimum atomic E-state index is -0.325. The van der Waals surface area contributed by atoms with E-state index in [2.05, 4.69) is 5.10 Å². The molecule has 0 aliphatic carbocycles. The van der Waals surface area contributed by atoms with Crippen LogP contribution in [-0.4, -0.2) is 51.3 Å². The number of hydrogen-bond donors (Lipinski definition) is 0. The Bertz CT molecular complexity index is 762. The normalized spacial score (nSPS) is 18.9. The van der Waals surface area contributed by atoms with Gasteiger partial charge in [0.2, 0.25) is 0 Å². The van der Waals surface area contributed by atoms with Crippen LogP contribution in [0.3, 0.4) is 0 Å². The predicted octanol–water partition coefficient (Wildman–Crippen LogP) is 1.33. The first-order valence-corrected chi connectivity index (χ1v) is 8.79. The number of thioether (sulfide) groups is 1. The van der Waals surface area contributed by atoms with Gasteiger partial charge >= 0.3 is 5.97 Å². The largest absolute Gasteiger partial charge is 0.465 e. The van der Waals surface area contributed by atoms with E-state index < -0.39 is 0 Å². The third kappa shape index (κ3) is 3.40. The second kappa shape index (κ2) is 7.14. The SMILES string of the molecule is CCOC(=O)C1CSCCN1Cn1ncc2ccccc2c1=O. The van der Waals surface area contributed by atoms with E-state index in [1.54, 1.807) is 30.9 Å². The van der Waals surface area contributed by atoms with Gasteiger partial charge in [-0.2, -0.15) is 16.9 Å². The summed E-state index contributed by atoms with van der Waals surface area (Å²) in [4.78, 5) is 26.6. The van der Waals surface area contributed by atoms with Gasteiger partial charge in [0.15, 0.2) is 0 Å². The van der Waals surface area contributed by atoms with Crippen LogP contribution in [0.1, 0.15) is 6.92 Å². The summed E-state index contributed by atoms with van der Waals surface area (Å²) in [5.74, 6) is 1.38. The maximum absolute atomic E-state index is 12.6. The lowest BCUT2D eigenvalue weighted by Crippen LogP contribution is -2.50. The Morgan fingerprint density at radius 1 is 1.43 bits per heavy atom. The fourth-order valence-electron chi connectivity index (χ4n) is 2.66. The van der Waals surface area contributed by atoms with Crippen LogP contribution in [0.5, 0.6) is 0 Å². The minimum absolute atomic E-state index is 0.135. The van der Waals surface area contributed by atoms with Crippen LogP contribution in [0.25, 0.3) is 10.8 Å². The molecule has 0 bridgehead atoms. The second-order valence-corrected chi connectivity index (χ2v) is 6.48. The molecule has 2 aromatic rings. The Hall–Kier alpha value is -1.86. The van der Waals surface area contributed by atoms with Crippen LogP contribution in [0.15, 0.2) is 35.3 Å². The van der Waals surface area contributed by atoms with Crippen molar-refractivity contribution in [3.8, 4) is 0 Å². The van der Waals surface area contributed by atoms with E-state index >= 15 is 0 Å². The molecule has 1 aliphatic heterocycles. The molecule has 1 unspecified atom stereocenters. The van der Waals surface area contributed by atoms with E-state index in [9.17, 15) is 9.59 Å². The number of fused-ring (bicyclic) bond motifs is 1. The number of aromatic nitrogens is 2. The Labute approximate surface area is 138 Å². The lowest BCUT2D eigenvalue weighted by molar-refractivity contribution is -0.149. The zero-order valence-corrected chi connectivity index (χ0v) is 13.8. The highest BCUT2D eigenvalue weighted by Gasteiger charge is 2.30. The van der Waals surface area contributed by atoms with E-state index in [-0.39, 0.29) is 17.6 Å². The van der Waals surface area contributed by atoms with Crippen molar-refractivity contribution in [3.05, 3.63) is 40.8 Å². The summed E-state index contributed by atoms with van der Waals surface area (Å²) in [6.45, 7) is 3.19. The van der Waals surface area contributed by atoms with E-state index in [0.717, 1.165) is 17.7 Å². The molecule has 2 heterocycles. The van der Waals surface area contributed by atoms with Gasteiger partial charge in [0.05, 0.1) is 24.9 Å². The van der Waals surface area contributed by atoms with Gasteiger partial charge in [0, 0.05) is 23.4 Å². The summed E-state index contributed by atoms with van der Waals surface area (Å²) < 4.78 is 6.57. The van der Waals surface area contributed by atoms with Crippen molar-refractivity contribution in [3.63, 3.8) is 0 Å². The van der Waals surface area contributed by atoms with Crippen molar-refractivity contribution in [1.82, 2.24) is 14.7 Å². The lowest BCUT2D eigenvalue weighted by atomic mass is 10.2. The number of nitrogens with zero attached hydrogens (tertiary/aromatic N) is 3. The predicted molar refractivity (Wildman–Crippen MR) is 90.5 cm³/mol. The highest BCUT2D eigenvalue weighted by molar-refractivity contribution is 7.99. The smallest absolute Gasteiger partial charge is 0.324 e. The first-order chi connectivity index (χ1) is 11.2. The summed E-state index contributed by atoms with van der Waals surface area (Å²) in [7, 11) is 0. The quantitative estimate of drug-likeness (QED) is 0.787. The van der Waals surface area contributed by atoms with Crippen molar-refractivity contribution in [2.75, 3.05) is 24.7 Å². The molecule has 0 spiro atoms. The van der Waals surface area contributed by atoms with Crippen LogP contribution in [0.4, 0.5) is 0 Å². The number of carbonyl (C=O) groups is 1. The number of benzene rings is 1. The molecule has 1 saturated heterocycles. The monoisotopic (exact) mass is 333 g/mol. The van der Waals surface area contributed by atoms with Crippen molar-refractivity contribution in [2.24, 2.45) is 0 Å². The van der Waals surface area contributed by atoms with E-state index in [0.29, 0.717) is 24.4 Å². The van der Waals surface area contributed by atoms with Gasteiger partial charge in [0.25, 0.3) is 5.56 Å². The molecular formula is C16H19N3O3S. The molecule has 0 amide bonds. The molecule has 23 heavy (non-hydrogen) atoms. The first kappa shape index (κ1) is 16.0. The maximum Gasteiger partial charge on any atom is 0.324 e. The second-order valence-electron chi connectivity index (χ2n) is 5.33. The van der Waals surface area contributed by atoms with Gasteiger partial charge in [-0.25, -0.2) is 4.68 Å². The molecule has 1 aliphatic rings. The number of carbonyl (C=O) groups excluding carboxylic acids is 1. The van der Waals surface area contributed by atoms with E-state index in [1.807, 2.05) is 23.1 Å². The summed E-state index contributed by atoms with van der Waals surface area (Å²) in [6, 6.07) is 7.06. The molecule has 1 fully saturated rings. The highest BCUT2D eigenvalue weighted by atomic mass is 32.2. The molecule has 7 heteroatoms. The van der Waals surface area contributed by atoms with Gasteiger partial charge in [0.1, 0.15) is 6.04 Å². The molecular weight excluding hydrogens is 314 g/mol. The summed E-state index contributed by atoms with van der Waals surface area (Å²) in [5.41, 5.74) is -0.135.